The van der Waals surface area contributed by atoms with Crippen molar-refractivity contribution in [3.05, 3.63) is 35.4 Å². The molecule has 0 bridgehead atoms. The van der Waals surface area contributed by atoms with Gasteiger partial charge in [0.2, 0.25) is 0 Å². The van der Waals surface area contributed by atoms with Gasteiger partial charge in [0.15, 0.2) is 0 Å². The highest BCUT2D eigenvalue weighted by molar-refractivity contribution is 5.24. The zero-order valence-electron chi connectivity index (χ0n) is 11.8. The van der Waals surface area contributed by atoms with Crippen molar-refractivity contribution in [3.8, 4) is 0 Å². The smallest absolute Gasteiger partial charge is 0.126 e. The van der Waals surface area contributed by atoms with Crippen molar-refractivity contribution in [3.63, 3.8) is 0 Å². The zero-order valence-corrected chi connectivity index (χ0v) is 11.8. The van der Waals surface area contributed by atoms with Crippen molar-refractivity contribution in [1.29, 1.82) is 0 Å². The summed E-state index contributed by atoms with van der Waals surface area (Å²) in [6.45, 7) is 5.21. The minimum absolute atomic E-state index is 0.0418. The van der Waals surface area contributed by atoms with Gasteiger partial charge < -0.3 is 5.32 Å². The van der Waals surface area contributed by atoms with Crippen LogP contribution in [0, 0.1) is 17.0 Å². The molecule has 0 amide bonds. The van der Waals surface area contributed by atoms with Crippen molar-refractivity contribution < 1.29 is 8.78 Å². The Bertz CT molecular complexity index is 405. The second-order valence-electron chi connectivity index (χ2n) is 5.95. The number of nitrogens with one attached hydrogen (secondary N) is 1. The summed E-state index contributed by atoms with van der Waals surface area (Å²) < 4.78 is 26.9. The van der Waals surface area contributed by atoms with Gasteiger partial charge in [-0.2, -0.15) is 0 Å². The van der Waals surface area contributed by atoms with Gasteiger partial charge in [-0.25, -0.2) is 8.78 Å². The molecule has 1 aliphatic rings. The lowest BCUT2D eigenvalue weighted by molar-refractivity contribution is 0.223. The molecule has 1 saturated carbocycles. The molecule has 1 unspecified atom stereocenters. The van der Waals surface area contributed by atoms with E-state index in [9.17, 15) is 8.78 Å². The molecule has 1 fully saturated rings. The molecule has 0 saturated heterocycles. The topological polar surface area (TPSA) is 12.0 Å². The van der Waals surface area contributed by atoms with Crippen LogP contribution >= 0.6 is 0 Å². The van der Waals surface area contributed by atoms with Crippen molar-refractivity contribution in [2.24, 2.45) is 5.41 Å². The van der Waals surface area contributed by atoms with Crippen molar-refractivity contribution in [1.82, 2.24) is 5.32 Å². The molecule has 0 radical (unpaired) electrons. The maximum atomic E-state index is 13.5. The van der Waals surface area contributed by atoms with E-state index in [-0.39, 0.29) is 11.5 Å². The van der Waals surface area contributed by atoms with Crippen LogP contribution < -0.4 is 5.32 Å². The summed E-state index contributed by atoms with van der Waals surface area (Å²) in [7, 11) is 0. The number of benzene rings is 1. The van der Waals surface area contributed by atoms with Gasteiger partial charge in [0, 0.05) is 12.1 Å². The summed E-state index contributed by atoms with van der Waals surface area (Å²) in [6, 6.07) is 3.93. The molecular formula is C16H23F2N. The molecular weight excluding hydrogens is 244 g/mol. The minimum atomic E-state index is -0.486. The molecule has 0 aromatic heterocycles. The van der Waals surface area contributed by atoms with Gasteiger partial charge in [-0.1, -0.05) is 26.7 Å². The van der Waals surface area contributed by atoms with E-state index in [0.717, 1.165) is 37.4 Å². The van der Waals surface area contributed by atoms with Crippen LogP contribution in [-0.2, 0) is 0 Å². The first-order valence-electron chi connectivity index (χ1n) is 7.24. The van der Waals surface area contributed by atoms with E-state index in [4.69, 9.17) is 0 Å². The Morgan fingerprint density at radius 1 is 1.16 bits per heavy atom. The van der Waals surface area contributed by atoms with E-state index in [2.05, 4.69) is 19.2 Å². The van der Waals surface area contributed by atoms with Gasteiger partial charge in [-0.15, -0.1) is 0 Å². The maximum Gasteiger partial charge on any atom is 0.126 e. The predicted molar refractivity (Wildman–Crippen MR) is 74.0 cm³/mol. The lowest BCUT2D eigenvalue weighted by Gasteiger charge is -2.35. The normalized spacial score (nSPS) is 19.6. The Morgan fingerprint density at radius 3 is 2.26 bits per heavy atom. The van der Waals surface area contributed by atoms with E-state index in [0.29, 0.717) is 0 Å². The number of hydrogen-bond donors (Lipinski definition) is 1. The van der Waals surface area contributed by atoms with Crippen LogP contribution in [0.2, 0.25) is 0 Å². The monoisotopic (exact) mass is 267 g/mol. The van der Waals surface area contributed by atoms with Gasteiger partial charge in [-0.3, -0.25) is 0 Å². The van der Waals surface area contributed by atoms with Gasteiger partial charge in [0.25, 0.3) is 0 Å². The first-order chi connectivity index (χ1) is 9.05. The molecule has 19 heavy (non-hydrogen) atoms. The molecule has 1 nitrogen and oxygen atoms in total. The first kappa shape index (κ1) is 14.4. The van der Waals surface area contributed by atoms with E-state index in [1.807, 2.05) is 0 Å². The minimum Gasteiger partial charge on any atom is -0.309 e. The maximum absolute atomic E-state index is 13.5. The van der Waals surface area contributed by atoms with Crippen LogP contribution in [0.25, 0.3) is 0 Å². The second kappa shape index (κ2) is 6.00. The predicted octanol–water partition coefficient (Wildman–Crippen LogP) is 4.59. The van der Waals surface area contributed by atoms with Gasteiger partial charge in [0.05, 0.1) is 0 Å². The summed E-state index contributed by atoms with van der Waals surface area (Å²) in [5.41, 5.74) is 0.852. The molecule has 1 aliphatic carbocycles. The summed E-state index contributed by atoms with van der Waals surface area (Å²) in [5.74, 6) is -0.972. The summed E-state index contributed by atoms with van der Waals surface area (Å²) in [5, 5.41) is 3.49. The number of halogens is 2. The Hall–Kier alpha value is -0.960. The summed E-state index contributed by atoms with van der Waals surface area (Å²) in [6.07, 6.45) is 5.67. The van der Waals surface area contributed by atoms with E-state index >= 15 is 0 Å². The molecule has 0 heterocycles. The fourth-order valence-corrected chi connectivity index (χ4v) is 3.27. The average molecular weight is 267 g/mol. The second-order valence-corrected chi connectivity index (χ2v) is 5.95. The van der Waals surface area contributed by atoms with E-state index < -0.39 is 11.6 Å². The fraction of sp³-hybridized carbons (Fsp3) is 0.625. The standard InChI is InChI=1S/C16H23F2N/c1-3-8-19-15(16(2)6-4-5-7-16)12-9-13(17)11-14(18)10-12/h9-11,15,19H,3-8H2,1-2H3. The van der Waals surface area contributed by atoms with Gasteiger partial charge in [0.1, 0.15) is 11.6 Å². The lowest BCUT2D eigenvalue weighted by Crippen LogP contribution is -2.35. The summed E-state index contributed by atoms with van der Waals surface area (Å²) >= 11 is 0. The summed E-state index contributed by atoms with van der Waals surface area (Å²) in [4.78, 5) is 0. The van der Waals surface area contributed by atoms with Crippen LogP contribution in [-0.4, -0.2) is 6.54 Å². The van der Waals surface area contributed by atoms with Crippen LogP contribution in [0.4, 0.5) is 8.78 Å². The number of hydrogen-bond acceptors (Lipinski definition) is 1. The molecule has 0 aliphatic heterocycles. The van der Waals surface area contributed by atoms with Crippen molar-refractivity contribution >= 4 is 0 Å². The van der Waals surface area contributed by atoms with Crippen LogP contribution in [0.1, 0.15) is 57.6 Å². The van der Waals surface area contributed by atoms with Crippen LogP contribution in [0.3, 0.4) is 0 Å². The molecule has 0 spiro atoms. The zero-order chi connectivity index (χ0) is 13.9. The van der Waals surface area contributed by atoms with Gasteiger partial charge >= 0.3 is 0 Å². The van der Waals surface area contributed by atoms with Crippen molar-refractivity contribution in [2.45, 2.75) is 52.0 Å². The quantitative estimate of drug-likeness (QED) is 0.823. The molecule has 1 atom stereocenters. The van der Waals surface area contributed by atoms with Crippen LogP contribution in [0.15, 0.2) is 18.2 Å². The first-order valence-corrected chi connectivity index (χ1v) is 7.24. The Kier molecular flexibility index (Phi) is 4.56. The van der Waals surface area contributed by atoms with E-state index in [1.165, 1.54) is 25.0 Å². The highest BCUT2D eigenvalue weighted by atomic mass is 19.1. The molecule has 106 valence electrons. The van der Waals surface area contributed by atoms with Gasteiger partial charge in [-0.05, 0) is 48.9 Å². The van der Waals surface area contributed by atoms with Crippen molar-refractivity contribution in [2.75, 3.05) is 6.54 Å². The molecule has 3 heteroatoms. The highest BCUT2D eigenvalue weighted by Crippen LogP contribution is 2.47. The largest absolute Gasteiger partial charge is 0.309 e. The Balaban J connectivity index is 2.30. The SMILES string of the molecule is CCCNC(c1cc(F)cc(F)c1)C1(C)CCCC1. The molecule has 1 aromatic rings. The third-order valence-electron chi connectivity index (χ3n) is 4.26. The molecule has 1 aromatic carbocycles. The lowest BCUT2D eigenvalue weighted by atomic mass is 9.77. The van der Waals surface area contributed by atoms with Crippen LogP contribution in [0.5, 0.6) is 0 Å². The Morgan fingerprint density at radius 2 is 1.74 bits per heavy atom. The molecule has 1 N–H and O–H groups in total. The Labute approximate surface area is 114 Å². The molecule has 2 rings (SSSR count). The third-order valence-corrected chi connectivity index (χ3v) is 4.26. The fourth-order valence-electron chi connectivity index (χ4n) is 3.27. The average Bonchev–Trinajstić information content (AvgIpc) is 2.76. The third kappa shape index (κ3) is 3.33. The number of rotatable bonds is 5. The highest BCUT2D eigenvalue weighted by Gasteiger charge is 2.37. The van der Waals surface area contributed by atoms with E-state index in [1.54, 1.807) is 0 Å².